The predicted octanol–water partition coefficient (Wildman–Crippen LogP) is 2.84. The van der Waals surface area contributed by atoms with Crippen molar-refractivity contribution in [3.05, 3.63) is 35.1 Å². The Balaban J connectivity index is 2.66. The molecule has 1 aromatic carbocycles. The highest BCUT2D eigenvalue weighted by Crippen LogP contribution is 2.40. The number of hydrogen-bond donors (Lipinski definition) is 1. The van der Waals surface area contributed by atoms with Gasteiger partial charge in [0.2, 0.25) is 5.78 Å². The van der Waals surface area contributed by atoms with Crippen LogP contribution in [0.5, 0.6) is 5.75 Å². The Labute approximate surface area is 119 Å². The van der Waals surface area contributed by atoms with Crippen molar-refractivity contribution in [2.45, 2.75) is 6.92 Å². The number of ether oxygens (including phenoxy) is 1. The van der Waals surface area contributed by atoms with Crippen LogP contribution >= 0.6 is 11.3 Å². The van der Waals surface area contributed by atoms with E-state index in [4.69, 9.17) is 10.5 Å². The highest BCUT2D eigenvalue weighted by atomic mass is 32.1. The molecule has 1 heterocycles. The van der Waals surface area contributed by atoms with Crippen molar-refractivity contribution < 1.29 is 18.7 Å². The summed E-state index contributed by atoms with van der Waals surface area (Å²) in [6, 6.07) is 4.72. The highest BCUT2D eigenvalue weighted by molar-refractivity contribution is 7.20. The molecule has 0 saturated heterocycles. The molecule has 0 saturated carbocycles. The minimum Gasteiger partial charge on any atom is -0.494 e. The fourth-order valence-corrected chi connectivity index (χ4v) is 3.10. The number of carbonyl (C=O) groups is 2. The molecule has 0 unspecified atom stereocenters. The summed E-state index contributed by atoms with van der Waals surface area (Å²) in [5.74, 6) is -1.12. The number of ketones is 1. The molecule has 0 fully saturated rings. The van der Waals surface area contributed by atoms with Gasteiger partial charge in [0.25, 0.3) is 0 Å². The summed E-state index contributed by atoms with van der Waals surface area (Å²) in [5, 5.41) is 0.205. The van der Waals surface area contributed by atoms with Gasteiger partial charge in [0, 0.05) is 10.4 Å². The minimum absolute atomic E-state index is 0.108. The van der Waals surface area contributed by atoms with Crippen LogP contribution in [-0.2, 0) is 4.79 Å². The molecule has 0 spiro atoms. The Kier molecular flexibility index (Phi) is 3.85. The SMILES string of the molecule is COc1cccc(-c2sc(N)c(C(=O)C=O)c2C)c1F. The van der Waals surface area contributed by atoms with Crippen LogP contribution in [0.4, 0.5) is 9.39 Å². The van der Waals surface area contributed by atoms with Crippen LogP contribution in [0.15, 0.2) is 18.2 Å². The summed E-state index contributed by atoms with van der Waals surface area (Å²) < 4.78 is 19.2. The molecule has 0 amide bonds. The smallest absolute Gasteiger partial charge is 0.228 e. The lowest BCUT2D eigenvalue weighted by Crippen LogP contribution is -2.03. The average molecular weight is 293 g/mol. The van der Waals surface area contributed by atoms with Gasteiger partial charge in [-0.2, -0.15) is 0 Å². The molecule has 6 heteroatoms. The van der Waals surface area contributed by atoms with Gasteiger partial charge in [-0.25, -0.2) is 4.39 Å². The Bertz CT molecular complexity index is 694. The largest absolute Gasteiger partial charge is 0.494 e. The molecule has 2 aromatic rings. The zero-order chi connectivity index (χ0) is 14.9. The van der Waals surface area contributed by atoms with Gasteiger partial charge < -0.3 is 10.5 Å². The maximum absolute atomic E-state index is 14.2. The van der Waals surface area contributed by atoms with E-state index in [0.29, 0.717) is 16.0 Å². The number of rotatable bonds is 4. The third-order valence-corrected chi connectivity index (χ3v) is 4.11. The number of Topliss-reactive ketones (excluding diaryl/α,β-unsaturated/α-hetero) is 1. The van der Waals surface area contributed by atoms with Gasteiger partial charge in [0.1, 0.15) is 0 Å². The number of methoxy groups -OCH3 is 1. The average Bonchev–Trinajstić information content (AvgIpc) is 2.73. The van der Waals surface area contributed by atoms with Gasteiger partial charge in [-0.05, 0) is 18.6 Å². The van der Waals surface area contributed by atoms with Crippen LogP contribution in [0.1, 0.15) is 15.9 Å². The molecule has 0 aliphatic rings. The fraction of sp³-hybridized carbons (Fsp3) is 0.143. The molecule has 0 aliphatic heterocycles. The third-order valence-electron chi connectivity index (χ3n) is 2.96. The molecule has 4 nitrogen and oxygen atoms in total. The first-order chi connectivity index (χ1) is 9.51. The van der Waals surface area contributed by atoms with Gasteiger partial charge in [0.15, 0.2) is 17.9 Å². The zero-order valence-electron chi connectivity index (χ0n) is 10.9. The number of carbonyl (C=O) groups excluding carboxylic acids is 2. The number of nitrogens with two attached hydrogens (primary N) is 1. The second-order valence-electron chi connectivity index (χ2n) is 4.10. The molecular weight excluding hydrogens is 281 g/mol. The van der Waals surface area contributed by atoms with Crippen molar-refractivity contribution in [3.63, 3.8) is 0 Å². The molecule has 1 aromatic heterocycles. The van der Waals surface area contributed by atoms with Gasteiger partial charge >= 0.3 is 0 Å². The summed E-state index contributed by atoms with van der Waals surface area (Å²) in [6.07, 6.45) is 0.205. The molecule has 2 N–H and O–H groups in total. The van der Waals surface area contributed by atoms with Gasteiger partial charge in [-0.1, -0.05) is 12.1 Å². The van der Waals surface area contributed by atoms with Crippen LogP contribution in [-0.4, -0.2) is 19.2 Å². The second-order valence-corrected chi connectivity index (χ2v) is 5.15. The molecule has 20 heavy (non-hydrogen) atoms. The monoisotopic (exact) mass is 293 g/mol. The Hall–Kier alpha value is -2.21. The van der Waals surface area contributed by atoms with E-state index in [9.17, 15) is 14.0 Å². The van der Waals surface area contributed by atoms with Crippen molar-refractivity contribution in [2.75, 3.05) is 12.8 Å². The van der Waals surface area contributed by atoms with E-state index in [-0.39, 0.29) is 22.6 Å². The van der Waals surface area contributed by atoms with Crippen molar-refractivity contribution >= 4 is 28.4 Å². The first-order valence-electron chi connectivity index (χ1n) is 5.72. The summed E-state index contributed by atoms with van der Waals surface area (Å²) in [4.78, 5) is 22.7. The van der Waals surface area contributed by atoms with E-state index < -0.39 is 11.6 Å². The van der Waals surface area contributed by atoms with Crippen LogP contribution in [0.25, 0.3) is 10.4 Å². The fourth-order valence-electron chi connectivity index (χ4n) is 2.00. The number of aldehydes is 1. The lowest BCUT2D eigenvalue weighted by Gasteiger charge is -2.06. The number of halogens is 1. The van der Waals surface area contributed by atoms with E-state index in [1.54, 1.807) is 19.1 Å². The minimum atomic E-state index is -0.703. The van der Waals surface area contributed by atoms with Crippen molar-refractivity contribution in [2.24, 2.45) is 0 Å². The molecule has 0 radical (unpaired) electrons. The van der Waals surface area contributed by atoms with Crippen molar-refractivity contribution in [1.82, 2.24) is 0 Å². The zero-order valence-corrected chi connectivity index (χ0v) is 11.7. The quantitative estimate of drug-likeness (QED) is 0.534. The Morgan fingerprint density at radius 1 is 1.45 bits per heavy atom. The van der Waals surface area contributed by atoms with E-state index in [0.717, 1.165) is 11.3 Å². The molecule has 0 atom stereocenters. The van der Waals surface area contributed by atoms with Crippen molar-refractivity contribution in [1.29, 1.82) is 0 Å². The van der Waals surface area contributed by atoms with Crippen LogP contribution in [0, 0.1) is 12.7 Å². The van der Waals surface area contributed by atoms with Crippen LogP contribution in [0.3, 0.4) is 0 Å². The highest BCUT2D eigenvalue weighted by Gasteiger charge is 2.22. The summed E-state index contributed by atoms with van der Waals surface area (Å²) in [5.41, 5.74) is 6.69. The summed E-state index contributed by atoms with van der Waals surface area (Å²) in [7, 11) is 1.37. The molecule has 2 rings (SSSR count). The van der Waals surface area contributed by atoms with Crippen LogP contribution in [0.2, 0.25) is 0 Å². The maximum atomic E-state index is 14.2. The third kappa shape index (κ3) is 2.18. The number of hydrogen-bond acceptors (Lipinski definition) is 5. The van der Waals surface area contributed by atoms with E-state index in [1.807, 2.05) is 0 Å². The summed E-state index contributed by atoms with van der Waals surface area (Å²) in [6.45, 7) is 1.64. The topological polar surface area (TPSA) is 69.4 Å². The predicted molar refractivity (Wildman–Crippen MR) is 75.8 cm³/mol. The number of thiophene rings is 1. The maximum Gasteiger partial charge on any atom is 0.228 e. The Morgan fingerprint density at radius 3 is 2.75 bits per heavy atom. The van der Waals surface area contributed by atoms with E-state index in [2.05, 4.69) is 0 Å². The number of benzene rings is 1. The molecule has 0 aliphatic carbocycles. The first-order valence-corrected chi connectivity index (χ1v) is 6.54. The number of anilines is 1. The first kappa shape index (κ1) is 14.2. The molecule has 0 bridgehead atoms. The van der Waals surface area contributed by atoms with Crippen molar-refractivity contribution in [3.8, 4) is 16.2 Å². The molecule has 104 valence electrons. The van der Waals surface area contributed by atoms with Crippen LogP contribution < -0.4 is 10.5 Å². The normalized spacial score (nSPS) is 10.3. The van der Waals surface area contributed by atoms with E-state index >= 15 is 0 Å². The van der Waals surface area contributed by atoms with Gasteiger partial charge in [-0.3, -0.25) is 9.59 Å². The lowest BCUT2D eigenvalue weighted by atomic mass is 10.0. The lowest BCUT2D eigenvalue weighted by molar-refractivity contribution is -0.104. The Morgan fingerprint density at radius 2 is 2.15 bits per heavy atom. The number of nitrogen functional groups attached to an aromatic ring is 1. The molecular formula is C14H12FNO3S. The standard InChI is InChI=1S/C14H12FNO3S/c1-7-11(9(18)6-17)14(16)20-13(7)8-4-3-5-10(19-2)12(8)15/h3-6H,16H2,1-2H3. The second kappa shape index (κ2) is 5.42. The van der Waals surface area contributed by atoms with Gasteiger partial charge in [0.05, 0.1) is 17.7 Å². The summed E-state index contributed by atoms with van der Waals surface area (Å²) >= 11 is 1.07. The van der Waals surface area contributed by atoms with Gasteiger partial charge in [-0.15, -0.1) is 11.3 Å². The van der Waals surface area contributed by atoms with E-state index in [1.165, 1.54) is 13.2 Å².